The minimum Gasteiger partial charge on any atom is -0.494 e. The van der Waals surface area contributed by atoms with Crippen molar-refractivity contribution in [3.63, 3.8) is 0 Å². The molecule has 0 saturated heterocycles. The third-order valence-electron chi connectivity index (χ3n) is 5.53. The van der Waals surface area contributed by atoms with E-state index in [4.69, 9.17) is 4.74 Å². The first-order valence-corrected chi connectivity index (χ1v) is 11.3. The van der Waals surface area contributed by atoms with Gasteiger partial charge < -0.3 is 4.74 Å². The molecule has 0 aliphatic carbocycles. The zero-order valence-electron chi connectivity index (χ0n) is 18.3. The number of fused-ring (bicyclic) bond motifs is 1. The van der Waals surface area contributed by atoms with Crippen LogP contribution in [0.3, 0.4) is 0 Å². The van der Waals surface area contributed by atoms with Crippen LogP contribution >= 0.6 is 11.8 Å². The van der Waals surface area contributed by atoms with E-state index >= 15 is 0 Å². The zero-order valence-corrected chi connectivity index (χ0v) is 19.1. The summed E-state index contributed by atoms with van der Waals surface area (Å²) < 4.78 is 5.89. The van der Waals surface area contributed by atoms with Gasteiger partial charge in [-0.25, -0.2) is 0 Å². The Kier molecular flexibility index (Phi) is 6.29. The second kappa shape index (κ2) is 8.37. The van der Waals surface area contributed by atoms with E-state index < -0.39 is 0 Å². The van der Waals surface area contributed by atoms with Crippen LogP contribution < -0.4 is 4.74 Å². The van der Waals surface area contributed by atoms with Gasteiger partial charge in [0.25, 0.3) is 0 Å². The van der Waals surface area contributed by atoms with Crippen molar-refractivity contribution in [3.8, 4) is 5.75 Å². The van der Waals surface area contributed by atoms with E-state index in [1.807, 2.05) is 11.8 Å². The molecule has 3 rings (SSSR count). The Hall–Kier alpha value is -1.67. The number of hydrogen-bond acceptors (Lipinski definition) is 2. The van der Waals surface area contributed by atoms with E-state index in [1.54, 1.807) is 0 Å². The number of rotatable bonds is 5. The highest BCUT2D eigenvalue weighted by molar-refractivity contribution is 7.99. The zero-order chi connectivity index (χ0) is 20.4. The van der Waals surface area contributed by atoms with Crippen LogP contribution in [0.15, 0.2) is 47.4 Å². The molecule has 0 amide bonds. The Morgan fingerprint density at radius 3 is 2.50 bits per heavy atom. The number of benzene rings is 2. The summed E-state index contributed by atoms with van der Waals surface area (Å²) in [5.41, 5.74) is 5.91. The van der Waals surface area contributed by atoms with Crippen molar-refractivity contribution in [1.82, 2.24) is 0 Å². The lowest BCUT2D eigenvalue weighted by molar-refractivity contribution is 0.243. The van der Waals surface area contributed by atoms with E-state index in [1.165, 1.54) is 39.3 Å². The van der Waals surface area contributed by atoms with E-state index in [9.17, 15) is 0 Å². The third-order valence-corrected chi connectivity index (χ3v) is 6.61. The smallest absolute Gasteiger partial charge is 0.119 e. The quantitative estimate of drug-likeness (QED) is 0.478. The van der Waals surface area contributed by atoms with E-state index in [2.05, 4.69) is 90.1 Å². The van der Waals surface area contributed by atoms with Crippen molar-refractivity contribution in [2.75, 3.05) is 12.4 Å². The molecule has 0 spiro atoms. The summed E-state index contributed by atoms with van der Waals surface area (Å²) in [6, 6.07) is 15.4. The second-order valence-electron chi connectivity index (χ2n) is 9.75. The highest BCUT2D eigenvalue weighted by atomic mass is 32.2. The van der Waals surface area contributed by atoms with Crippen LogP contribution in [0.5, 0.6) is 5.75 Å². The van der Waals surface area contributed by atoms with Crippen molar-refractivity contribution in [2.45, 2.75) is 64.7 Å². The van der Waals surface area contributed by atoms with Gasteiger partial charge in [-0.1, -0.05) is 58.9 Å². The second-order valence-corrected chi connectivity index (χ2v) is 10.9. The van der Waals surface area contributed by atoms with Crippen LogP contribution in [0.4, 0.5) is 0 Å². The SMILES string of the molecule is C/C(=C\c1ccc(OCCC(C)(C)C)cc1)c1ccc2c(c1)C(C)(C)CCS2. The molecular formula is C26H34OS. The fourth-order valence-electron chi connectivity index (χ4n) is 3.45. The van der Waals surface area contributed by atoms with Gasteiger partial charge in [0.15, 0.2) is 0 Å². The molecule has 0 N–H and O–H groups in total. The summed E-state index contributed by atoms with van der Waals surface area (Å²) in [7, 11) is 0. The lowest BCUT2D eigenvalue weighted by Gasteiger charge is -2.32. The summed E-state index contributed by atoms with van der Waals surface area (Å²) in [6.45, 7) is 14.4. The Labute approximate surface area is 175 Å². The minimum atomic E-state index is 0.267. The number of ether oxygens (including phenoxy) is 1. The molecule has 2 aromatic carbocycles. The molecule has 0 radical (unpaired) electrons. The van der Waals surface area contributed by atoms with Crippen LogP contribution in [-0.2, 0) is 5.41 Å². The lowest BCUT2D eigenvalue weighted by atomic mass is 9.80. The molecule has 1 aliphatic rings. The molecule has 1 nitrogen and oxygen atoms in total. The van der Waals surface area contributed by atoms with Crippen LogP contribution in [0.1, 0.15) is 71.1 Å². The fourth-order valence-corrected chi connectivity index (χ4v) is 4.94. The predicted octanol–water partition coefficient (Wildman–Crippen LogP) is 7.84. The van der Waals surface area contributed by atoms with Crippen molar-refractivity contribution in [2.24, 2.45) is 5.41 Å². The van der Waals surface area contributed by atoms with Gasteiger partial charge in [0, 0.05) is 4.90 Å². The molecule has 2 aromatic rings. The van der Waals surface area contributed by atoms with Gasteiger partial charge in [-0.05, 0) is 82.9 Å². The van der Waals surface area contributed by atoms with E-state index in [0.29, 0.717) is 5.41 Å². The molecule has 28 heavy (non-hydrogen) atoms. The maximum atomic E-state index is 5.89. The third kappa shape index (κ3) is 5.44. The molecule has 0 unspecified atom stereocenters. The first-order valence-electron chi connectivity index (χ1n) is 10.3. The molecule has 0 aromatic heterocycles. The van der Waals surface area contributed by atoms with E-state index in [0.717, 1.165) is 18.8 Å². The van der Waals surface area contributed by atoms with Crippen LogP contribution in [-0.4, -0.2) is 12.4 Å². The van der Waals surface area contributed by atoms with Gasteiger partial charge in [0.1, 0.15) is 5.75 Å². The maximum absolute atomic E-state index is 5.89. The molecular weight excluding hydrogens is 360 g/mol. The highest BCUT2D eigenvalue weighted by Crippen LogP contribution is 2.42. The van der Waals surface area contributed by atoms with E-state index in [-0.39, 0.29) is 5.41 Å². The van der Waals surface area contributed by atoms with Gasteiger partial charge in [0.05, 0.1) is 6.61 Å². The van der Waals surface area contributed by atoms with Crippen molar-refractivity contribution < 1.29 is 4.74 Å². The Balaban J connectivity index is 1.72. The number of thioether (sulfide) groups is 1. The molecule has 1 aliphatic heterocycles. The maximum Gasteiger partial charge on any atom is 0.119 e. The molecule has 0 bridgehead atoms. The first-order chi connectivity index (χ1) is 13.1. The summed E-state index contributed by atoms with van der Waals surface area (Å²) >= 11 is 1.99. The Morgan fingerprint density at radius 1 is 1.11 bits per heavy atom. The van der Waals surface area contributed by atoms with Gasteiger partial charge in [-0.3, -0.25) is 0 Å². The predicted molar refractivity (Wildman–Crippen MR) is 124 cm³/mol. The first kappa shape index (κ1) is 21.0. The minimum absolute atomic E-state index is 0.267. The van der Waals surface area contributed by atoms with Gasteiger partial charge in [0.2, 0.25) is 0 Å². The topological polar surface area (TPSA) is 9.23 Å². The Morgan fingerprint density at radius 2 is 1.82 bits per heavy atom. The summed E-state index contributed by atoms with van der Waals surface area (Å²) in [5.74, 6) is 2.17. The normalized spacial score (nSPS) is 16.6. The molecule has 0 atom stereocenters. The molecule has 1 heterocycles. The average molecular weight is 395 g/mol. The summed E-state index contributed by atoms with van der Waals surface area (Å²) in [4.78, 5) is 1.45. The average Bonchev–Trinajstić information content (AvgIpc) is 2.62. The Bertz CT molecular complexity index is 838. The van der Waals surface area contributed by atoms with Gasteiger partial charge in [-0.2, -0.15) is 0 Å². The molecule has 0 fully saturated rings. The summed E-state index contributed by atoms with van der Waals surface area (Å²) in [5, 5.41) is 0. The van der Waals surface area contributed by atoms with Crippen LogP contribution in [0, 0.1) is 5.41 Å². The number of hydrogen-bond donors (Lipinski definition) is 0. The fraction of sp³-hybridized carbons (Fsp3) is 0.462. The van der Waals surface area contributed by atoms with Crippen LogP contribution in [0.25, 0.3) is 11.6 Å². The molecule has 2 heteroatoms. The lowest BCUT2D eigenvalue weighted by Crippen LogP contribution is -2.22. The largest absolute Gasteiger partial charge is 0.494 e. The standard InChI is InChI=1S/C26H34OS/c1-19(21-9-12-24-23(18-21)26(5,6)14-16-28-24)17-20-7-10-22(11-8-20)27-15-13-25(2,3)4/h7-12,17-18H,13-16H2,1-6H3/b19-17+. The highest BCUT2D eigenvalue weighted by Gasteiger charge is 2.27. The van der Waals surface area contributed by atoms with Crippen LogP contribution in [0.2, 0.25) is 0 Å². The number of allylic oxidation sites excluding steroid dienone is 1. The van der Waals surface area contributed by atoms with Crippen molar-refractivity contribution in [3.05, 3.63) is 59.2 Å². The van der Waals surface area contributed by atoms with Crippen molar-refractivity contribution >= 4 is 23.4 Å². The summed E-state index contributed by atoms with van der Waals surface area (Å²) in [6.07, 6.45) is 4.57. The monoisotopic (exact) mass is 394 g/mol. The molecule has 0 saturated carbocycles. The van der Waals surface area contributed by atoms with Gasteiger partial charge >= 0.3 is 0 Å². The van der Waals surface area contributed by atoms with Crippen molar-refractivity contribution in [1.29, 1.82) is 0 Å². The molecule has 150 valence electrons. The van der Waals surface area contributed by atoms with Gasteiger partial charge in [-0.15, -0.1) is 11.8 Å².